The zero-order valence-electron chi connectivity index (χ0n) is 16.4. The van der Waals surface area contributed by atoms with Crippen molar-refractivity contribution in [1.82, 2.24) is 15.5 Å². The number of guanidine groups is 1. The Kier molecular flexibility index (Phi) is 12.1. The first-order valence-electron chi connectivity index (χ1n) is 9.28. The van der Waals surface area contributed by atoms with Crippen LogP contribution in [0.25, 0.3) is 0 Å². The summed E-state index contributed by atoms with van der Waals surface area (Å²) >= 11 is 0. The van der Waals surface area contributed by atoms with Crippen molar-refractivity contribution in [2.24, 2.45) is 4.99 Å². The number of nitrogens with one attached hydrogen (secondary N) is 2. The number of hydrogen-bond acceptors (Lipinski definition) is 4. The standard InChI is InChI=1S/C20H32N4O2.HI/c1-4-10-22-20(21-2)23-16-17-6-5-7-19(15-17)26-14-11-24(3)18-8-12-25-13-9-18;/h4-7,15,18H,1,8-14,16H2,2-3H3,(H2,21,22,23);1H. The van der Waals surface area contributed by atoms with Crippen LogP contribution in [0, 0.1) is 0 Å². The van der Waals surface area contributed by atoms with Crippen molar-refractivity contribution >= 4 is 29.9 Å². The largest absolute Gasteiger partial charge is 0.492 e. The Balaban J connectivity index is 0.00000364. The topological polar surface area (TPSA) is 58.1 Å². The van der Waals surface area contributed by atoms with Gasteiger partial charge in [0.15, 0.2) is 5.96 Å². The van der Waals surface area contributed by atoms with Crippen molar-refractivity contribution in [1.29, 1.82) is 0 Å². The molecular formula is C20H33IN4O2. The van der Waals surface area contributed by atoms with Gasteiger partial charge in [-0.25, -0.2) is 0 Å². The Labute approximate surface area is 180 Å². The molecule has 7 heteroatoms. The second kappa shape index (κ2) is 13.8. The maximum absolute atomic E-state index is 5.95. The minimum absolute atomic E-state index is 0. The molecule has 1 heterocycles. The average molecular weight is 488 g/mol. The van der Waals surface area contributed by atoms with E-state index in [1.807, 2.05) is 12.1 Å². The van der Waals surface area contributed by atoms with E-state index >= 15 is 0 Å². The summed E-state index contributed by atoms with van der Waals surface area (Å²) in [6.07, 6.45) is 4.02. The van der Waals surface area contributed by atoms with Gasteiger partial charge in [-0.05, 0) is 37.6 Å². The van der Waals surface area contributed by atoms with E-state index in [1.54, 1.807) is 13.1 Å². The van der Waals surface area contributed by atoms with Crippen LogP contribution in [0.3, 0.4) is 0 Å². The summed E-state index contributed by atoms with van der Waals surface area (Å²) in [5.74, 6) is 1.66. The number of likely N-dealkylation sites (N-methyl/N-ethyl adjacent to an activating group) is 1. The van der Waals surface area contributed by atoms with E-state index in [-0.39, 0.29) is 24.0 Å². The molecule has 0 atom stereocenters. The van der Waals surface area contributed by atoms with Crippen LogP contribution < -0.4 is 15.4 Å². The molecule has 0 radical (unpaired) electrons. The van der Waals surface area contributed by atoms with Crippen LogP contribution in [-0.4, -0.2) is 63.9 Å². The van der Waals surface area contributed by atoms with E-state index in [1.165, 1.54) is 0 Å². The van der Waals surface area contributed by atoms with Crippen molar-refractivity contribution in [3.63, 3.8) is 0 Å². The summed E-state index contributed by atoms with van der Waals surface area (Å²) in [5, 5.41) is 6.44. The van der Waals surface area contributed by atoms with Crippen LogP contribution in [0.15, 0.2) is 41.9 Å². The maximum atomic E-state index is 5.95. The minimum Gasteiger partial charge on any atom is -0.492 e. The lowest BCUT2D eigenvalue weighted by atomic mass is 10.1. The highest BCUT2D eigenvalue weighted by Gasteiger charge is 2.17. The predicted octanol–water partition coefficient (Wildman–Crippen LogP) is 2.65. The summed E-state index contributed by atoms with van der Waals surface area (Å²) in [6, 6.07) is 8.78. The molecule has 2 rings (SSSR count). The number of ether oxygens (including phenoxy) is 2. The van der Waals surface area contributed by atoms with Gasteiger partial charge in [0, 0.05) is 45.9 Å². The lowest BCUT2D eigenvalue weighted by Crippen LogP contribution is -2.38. The molecule has 1 aromatic rings. The van der Waals surface area contributed by atoms with E-state index in [0.717, 1.165) is 49.9 Å². The van der Waals surface area contributed by atoms with Crippen LogP contribution >= 0.6 is 24.0 Å². The van der Waals surface area contributed by atoms with E-state index in [2.05, 4.69) is 46.3 Å². The van der Waals surface area contributed by atoms with Crippen molar-refractivity contribution in [2.45, 2.75) is 25.4 Å². The highest BCUT2D eigenvalue weighted by molar-refractivity contribution is 14.0. The van der Waals surface area contributed by atoms with Gasteiger partial charge in [-0.15, -0.1) is 30.6 Å². The molecule has 0 amide bonds. The molecule has 1 aliphatic rings. The number of hydrogen-bond donors (Lipinski definition) is 2. The van der Waals surface area contributed by atoms with Gasteiger partial charge in [0.2, 0.25) is 0 Å². The van der Waals surface area contributed by atoms with Gasteiger partial charge in [0.05, 0.1) is 0 Å². The van der Waals surface area contributed by atoms with Gasteiger partial charge in [0.25, 0.3) is 0 Å². The fourth-order valence-electron chi connectivity index (χ4n) is 2.94. The SMILES string of the molecule is C=CCNC(=NC)NCc1cccc(OCCN(C)C2CCOCC2)c1.I. The van der Waals surface area contributed by atoms with Gasteiger partial charge in [0.1, 0.15) is 12.4 Å². The summed E-state index contributed by atoms with van der Waals surface area (Å²) in [5.41, 5.74) is 1.15. The number of halogens is 1. The monoisotopic (exact) mass is 488 g/mol. The normalized spacial score (nSPS) is 15.1. The molecule has 2 N–H and O–H groups in total. The Morgan fingerprint density at radius 3 is 2.85 bits per heavy atom. The van der Waals surface area contributed by atoms with Crippen LogP contribution in [0.4, 0.5) is 0 Å². The fourth-order valence-corrected chi connectivity index (χ4v) is 2.94. The predicted molar refractivity (Wildman–Crippen MR) is 122 cm³/mol. The highest BCUT2D eigenvalue weighted by Crippen LogP contribution is 2.15. The van der Waals surface area contributed by atoms with E-state index in [0.29, 0.717) is 25.7 Å². The van der Waals surface area contributed by atoms with Crippen LogP contribution in [0.5, 0.6) is 5.75 Å². The first-order valence-corrected chi connectivity index (χ1v) is 9.28. The molecule has 0 saturated carbocycles. The molecule has 0 aromatic heterocycles. The lowest BCUT2D eigenvalue weighted by Gasteiger charge is -2.31. The second-order valence-electron chi connectivity index (χ2n) is 6.42. The molecule has 0 unspecified atom stereocenters. The van der Waals surface area contributed by atoms with E-state index in [9.17, 15) is 0 Å². The van der Waals surface area contributed by atoms with E-state index < -0.39 is 0 Å². The third kappa shape index (κ3) is 8.94. The van der Waals surface area contributed by atoms with Crippen molar-refractivity contribution in [2.75, 3.05) is 47.0 Å². The Morgan fingerprint density at radius 2 is 2.15 bits per heavy atom. The zero-order valence-corrected chi connectivity index (χ0v) is 18.8. The van der Waals surface area contributed by atoms with E-state index in [4.69, 9.17) is 9.47 Å². The molecule has 0 spiro atoms. The van der Waals surface area contributed by atoms with Crippen LogP contribution in [0.1, 0.15) is 18.4 Å². The summed E-state index contributed by atoms with van der Waals surface area (Å²) in [7, 11) is 3.93. The number of nitrogens with zero attached hydrogens (tertiary/aromatic N) is 2. The zero-order chi connectivity index (χ0) is 18.6. The van der Waals surface area contributed by atoms with Crippen LogP contribution in [-0.2, 0) is 11.3 Å². The lowest BCUT2D eigenvalue weighted by molar-refractivity contribution is 0.0392. The molecule has 27 heavy (non-hydrogen) atoms. The molecule has 1 fully saturated rings. The second-order valence-corrected chi connectivity index (χ2v) is 6.42. The highest BCUT2D eigenvalue weighted by atomic mass is 127. The quantitative estimate of drug-likeness (QED) is 0.242. The van der Waals surface area contributed by atoms with Crippen LogP contribution in [0.2, 0.25) is 0 Å². The minimum atomic E-state index is 0. The van der Waals surface area contributed by atoms with Gasteiger partial charge in [-0.3, -0.25) is 9.89 Å². The Hall–Kier alpha value is -1.32. The molecule has 6 nitrogen and oxygen atoms in total. The molecule has 1 aromatic carbocycles. The average Bonchev–Trinajstić information content (AvgIpc) is 2.69. The van der Waals surface area contributed by atoms with Gasteiger partial charge in [-0.1, -0.05) is 18.2 Å². The summed E-state index contributed by atoms with van der Waals surface area (Å²) < 4.78 is 11.4. The third-order valence-corrected chi connectivity index (χ3v) is 4.52. The molecule has 1 aliphatic heterocycles. The summed E-state index contributed by atoms with van der Waals surface area (Å²) in [4.78, 5) is 6.56. The first-order chi connectivity index (χ1) is 12.7. The molecule has 0 aliphatic carbocycles. The van der Waals surface area contributed by atoms with Crippen molar-refractivity contribution < 1.29 is 9.47 Å². The first kappa shape index (κ1) is 23.7. The Morgan fingerprint density at radius 1 is 1.37 bits per heavy atom. The van der Waals surface area contributed by atoms with Gasteiger partial charge in [-0.2, -0.15) is 0 Å². The maximum Gasteiger partial charge on any atom is 0.191 e. The Bertz CT molecular complexity index is 577. The van der Waals surface area contributed by atoms with Crippen molar-refractivity contribution in [3.05, 3.63) is 42.5 Å². The smallest absolute Gasteiger partial charge is 0.191 e. The van der Waals surface area contributed by atoms with Gasteiger partial charge < -0.3 is 20.1 Å². The number of benzene rings is 1. The third-order valence-electron chi connectivity index (χ3n) is 4.52. The molecule has 1 saturated heterocycles. The van der Waals surface area contributed by atoms with Gasteiger partial charge >= 0.3 is 0 Å². The molecule has 152 valence electrons. The molecular weight excluding hydrogens is 455 g/mol. The van der Waals surface area contributed by atoms with Crippen molar-refractivity contribution in [3.8, 4) is 5.75 Å². The fraction of sp³-hybridized carbons (Fsp3) is 0.550. The number of aliphatic imine (C=N–C) groups is 1. The summed E-state index contributed by atoms with van der Waals surface area (Å²) in [6.45, 7) is 8.42. The number of rotatable bonds is 9. The molecule has 0 bridgehead atoms.